The van der Waals surface area contributed by atoms with Crippen molar-refractivity contribution >= 4 is 39.8 Å². The number of benzene rings is 2. The maximum atomic E-state index is 13.6. The van der Waals surface area contributed by atoms with Gasteiger partial charge in [-0.2, -0.15) is 8.78 Å². The van der Waals surface area contributed by atoms with E-state index in [0.717, 1.165) is 22.0 Å². The minimum absolute atomic E-state index is 0.0403. The summed E-state index contributed by atoms with van der Waals surface area (Å²) in [6.07, 6.45) is 3.45. The second-order valence-corrected chi connectivity index (χ2v) is 9.43. The monoisotopic (exact) mass is 553 g/mol. The number of fused-ring (bicyclic) bond motifs is 1. The van der Waals surface area contributed by atoms with E-state index in [0.29, 0.717) is 24.5 Å². The number of hydrogen-bond donors (Lipinski definition) is 3. The van der Waals surface area contributed by atoms with Crippen LogP contribution >= 0.6 is 0 Å². The zero-order valence-electron chi connectivity index (χ0n) is 22.6. The zero-order chi connectivity index (χ0) is 29.0. The molecule has 3 N–H and O–H groups in total. The predicted molar refractivity (Wildman–Crippen MR) is 151 cm³/mol. The Morgan fingerprint density at radius 2 is 1.90 bits per heavy atom. The molecule has 0 aliphatic rings. The van der Waals surface area contributed by atoms with E-state index in [1.54, 1.807) is 18.1 Å². The molecule has 4 aromatic rings. The summed E-state index contributed by atoms with van der Waals surface area (Å²) in [4.78, 5) is 28.0. The van der Waals surface area contributed by atoms with Gasteiger partial charge in [-0.3, -0.25) is 4.79 Å². The molecule has 0 radical (unpaired) electrons. The van der Waals surface area contributed by atoms with Gasteiger partial charge in [0.05, 0.1) is 22.8 Å². The highest BCUT2D eigenvalue weighted by atomic mass is 19.3. The number of nitrogens with one attached hydrogen (secondary N) is 3. The van der Waals surface area contributed by atoms with E-state index < -0.39 is 18.3 Å². The molecule has 0 unspecified atom stereocenters. The number of carbonyl (C=O) groups excluding carboxylic acids is 1. The minimum Gasteiger partial charge on any atom is -0.433 e. The summed E-state index contributed by atoms with van der Waals surface area (Å²) in [5.74, 6) is -2.37. The van der Waals surface area contributed by atoms with Crippen LogP contribution in [0.1, 0.15) is 5.56 Å². The second-order valence-electron chi connectivity index (χ2n) is 9.43. The lowest BCUT2D eigenvalue weighted by molar-refractivity contribution is -0.114. The minimum atomic E-state index is -3.13. The number of ether oxygens (including phenoxy) is 1. The van der Waals surface area contributed by atoms with E-state index in [1.165, 1.54) is 12.1 Å². The van der Waals surface area contributed by atoms with Gasteiger partial charge < -0.3 is 30.2 Å². The highest BCUT2D eigenvalue weighted by Crippen LogP contribution is 2.39. The average Bonchev–Trinajstić information content (AvgIpc) is 3.33. The lowest BCUT2D eigenvalue weighted by Crippen LogP contribution is -2.29. The van der Waals surface area contributed by atoms with Gasteiger partial charge in [-0.25, -0.2) is 14.4 Å². The van der Waals surface area contributed by atoms with Crippen molar-refractivity contribution in [1.82, 2.24) is 19.9 Å². The summed E-state index contributed by atoms with van der Waals surface area (Å²) in [7, 11) is 5.48. The molecular weight excluding hydrogens is 523 g/mol. The Bertz CT molecular complexity index is 1540. The first-order valence-electron chi connectivity index (χ1n) is 12.3. The number of hydrogen-bond acceptors (Lipinski definition) is 7. The average molecular weight is 554 g/mol. The van der Waals surface area contributed by atoms with Crippen LogP contribution < -0.4 is 20.3 Å². The number of aromatic amines is 1. The van der Waals surface area contributed by atoms with Crippen molar-refractivity contribution in [2.24, 2.45) is 0 Å². The topological polar surface area (TPSA) is 98.4 Å². The number of aromatic nitrogens is 3. The molecule has 4 rings (SSSR count). The van der Waals surface area contributed by atoms with Crippen LogP contribution in [0.2, 0.25) is 0 Å². The van der Waals surface area contributed by atoms with Crippen LogP contribution in [0.5, 0.6) is 5.75 Å². The molecule has 9 nitrogen and oxygen atoms in total. The number of H-pyrrole nitrogens is 1. The highest BCUT2D eigenvalue weighted by molar-refractivity contribution is 6.04. The Kier molecular flexibility index (Phi) is 8.58. The van der Waals surface area contributed by atoms with Crippen LogP contribution in [0.15, 0.2) is 61.2 Å². The molecule has 2 heterocycles. The van der Waals surface area contributed by atoms with Crippen LogP contribution in [-0.2, 0) is 4.79 Å². The summed E-state index contributed by atoms with van der Waals surface area (Å²) >= 11 is 0. The SMILES string of the molecule is C=C(F)C(=O)Nc1cc(Nc2ncc(C)c(-c3c[nH]c4ccccc34)n2)c(OC(F)F)cc1N(C)CCN(C)C. The second kappa shape index (κ2) is 12.1. The lowest BCUT2D eigenvalue weighted by atomic mass is 10.1. The van der Waals surface area contributed by atoms with Crippen LogP contribution in [0.4, 0.5) is 36.2 Å². The third-order valence-electron chi connectivity index (χ3n) is 6.16. The number of alkyl halides is 2. The molecule has 210 valence electrons. The van der Waals surface area contributed by atoms with Crippen molar-refractivity contribution in [2.75, 3.05) is 49.8 Å². The molecule has 0 aliphatic heterocycles. The van der Waals surface area contributed by atoms with Gasteiger partial charge in [0.15, 0.2) is 11.6 Å². The van der Waals surface area contributed by atoms with Crippen molar-refractivity contribution in [2.45, 2.75) is 13.5 Å². The fourth-order valence-electron chi connectivity index (χ4n) is 4.10. The van der Waals surface area contributed by atoms with Crippen molar-refractivity contribution in [3.8, 4) is 17.0 Å². The fourth-order valence-corrected chi connectivity index (χ4v) is 4.10. The number of amides is 1. The van der Waals surface area contributed by atoms with Gasteiger partial charge in [-0.05, 0) is 38.7 Å². The molecule has 0 fully saturated rings. The summed E-state index contributed by atoms with van der Waals surface area (Å²) < 4.78 is 45.3. The third kappa shape index (κ3) is 6.52. The molecule has 2 aromatic heterocycles. The summed E-state index contributed by atoms with van der Waals surface area (Å²) in [6, 6.07) is 10.5. The van der Waals surface area contributed by atoms with Gasteiger partial charge in [0.1, 0.15) is 0 Å². The molecule has 0 saturated carbocycles. The summed E-state index contributed by atoms with van der Waals surface area (Å²) in [6.45, 7) is 2.86. The molecule has 0 atom stereocenters. The van der Waals surface area contributed by atoms with E-state index >= 15 is 0 Å². The lowest BCUT2D eigenvalue weighted by Gasteiger charge is -2.26. The van der Waals surface area contributed by atoms with Crippen molar-refractivity contribution in [1.29, 1.82) is 0 Å². The van der Waals surface area contributed by atoms with Crippen LogP contribution in [-0.4, -0.2) is 66.6 Å². The number of halogens is 3. The number of aryl methyl sites for hydroxylation is 1. The molecule has 0 aliphatic carbocycles. The van der Waals surface area contributed by atoms with E-state index in [9.17, 15) is 18.0 Å². The van der Waals surface area contributed by atoms with Crippen LogP contribution in [0, 0.1) is 6.92 Å². The van der Waals surface area contributed by atoms with Crippen molar-refractivity contribution < 1.29 is 22.7 Å². The normalized spacial score (nSPS) is 11.2. The van der Waals surface area contributed by atoms with Crippen LogP contribution in [0.25, 0.3) is 22.2 Å². The first-order valence-corrected chi connectivity index (χ1v) is 12.3. The largest absolute Gasteiger partial charge is 0.433 e. The molecule has 2 aromatic carbocycles. The molecule has 1 amide bonds. The van der Waals surface area contributed by atoms with Crippen molar-refractivity contribution in [3.63, 3.8) is 0 Å². The quantitative estimate of drug-likeness (QED) is 0.205. The Hall–Kier alpha value is -4.58. The summed E-state index contributed by atoms with van der Waals surface area (Å²) in [5, 5.41) is 6.34. The Morgan fingerprint density at radius 1 is 1.15 bits per heavy atom. The van der Waals surface area contributed by atoms with Gasteiger partial charge in [0.25, 0.3) is 5.91 Å². The first kappa shape index (κ1) is 28.4. The number of likely N-dealkylation sites (N-methyl/N-ethyl adjacent to an activating group) is 2. The fraction of sp³-hybridized carbons (Fsp3) is 0.250. The summed E-state index contributed by atoms with van der Waals surface area (Å²) in [5.41, 5.74) is 3.73. The molecule has 0 bridgehead atoms. The van der Waals surface area contributed by atoms with Crippen LogP contribution in [0.3, 0.4) is 0 Å². The molecule has 40 heavy (non-hydrogen) atoms. The van der Waals surface area contributed by atoms with E-state index in [4.69, 9.17) is 4.74 Å². The Morgan fingerprint density at radius 3 is 2.60 bits per heavy atom. The molecule has 12 heteroatoms. The highest BCUT2D eigenvalue weighted by Gasteiger charge is 2.21. The maximum Gasteiger partial charge on any atom is 0.387 e. The van der Waals surface area contributed by atoms with Gasteiger partial charge in [-0.15, -0.1) is 0 Å². The maximum absolute atomic E-state index is 13.6. The smallest absolute Gasteiger partial charge is 0.387 e. The van der Waals surface area contributed by atoms with E-state index in [-0.39, 0.29) is 23.1 Å². The van der Waals surface area contributed by atoms with Crippen molar-refractivity contribution in [3.05, 3.63) is 66.8 Å². The third-order valence-corrected chi connectivity index (χ3v) is 6.16. The van der Waals surface area contributed by atoms with E-state index in [2.05, 4.69) is 32.2 Å². The molecule has 0 spiro atoms. The van der Waals surface area contributed by atoms with Gasteiger partial charge in [-0.1, -0.05) is 24.8 Å². The number of nitrogens with zero attached hydrogens (tertiary/aromatic N) is 4. The number of para-hydroxylation sites is 1. The number of rotatable bonds is 11. The number of carbonyl (C=O) groups is 1. The molecular formula is C28H30F3N7O2. The molecule has 0 saturated heterocycles. The zero-order valence-corrected chi connectivity index (χ0v) is 22.6. The standard InChI is InChI=1S/C28H30F3N7O2/c1-16-14-33-28(36-25(16)19-15-32-20-9-7-6-8-18(19)20)35-22-12-21(34-26(39)17(2)29)23(13-24(22)40-27(30)31)38(5)11-10-37(3)4/h6-9,12-15,27,32H,2,10-11H2,1,3-5H3,(H,34,39)(H,33,35,36). The van der Waals surface area contributed by atoms with E-state index in [1.807, 2.05) is 56.4 Å². The predicted octanol–water partition coefficient (Wildman–Crippen LogP) is 5.70. The van der Waals surface area contributed by atoms with Gasteiger partial charge >= 0.3 is 6.61 Å². The first-order chi connectivity index (χ1) is 19.0. The number of anilines is 4. The van der Waals surface area contributed by atoms with Gasteiger partial charge in [0.2, 0.25) is 5.95 Å². The Balaban J connectivity index is 1.77. The van der Waals surface area contributed by atoms with Gasteiger partial charge in [0, 0.05) is 55.1 Å². The Labute approximate surface area is 229 Å².